The average Bonchev–Trinajstić information content (AvgIpc) is 2.84. The highest BCUT2D eigenvalue weighted by molar-refractivity contribution is 7.09. The maximum Gasteiger partial charge on any atom is 0.310 e. The molecule has 1 heterocycles. The topological polar surface area (TPSA) is 62.2 Å². The second kappa shape index (κ2) is 6.63. The molecule has 0 saturated carbocycles. The number of hydrogen-bond donors (Lipinski definition) is 2. The molecule has 0 aliphatic heterocycles. The fourth-order valence-corrected chi connectivity index (χ4v) is 2.50. The fourth-order valence-electron chi connectivity index (χ4n) is 1.89. The van der Waals surface area contributed by atoms with Crippen molar-refractivity contribution in [1.82, 2.24) is 10.3 Å². The van der Waals surface area contributed by atoms with E-state index in [1.54, 1.807) is 18.3 Å². The Balaban J connectivity index is 1.86. The lowest BCUT2D eigenvalue weighted by atomic mass is 10.0. The van der Waals surface area contributed by atoms with Gasteiger partial charge in [-0.15, -0.1) is 11.3 Å². The quantitative estimate of drug-likeness (QED) is 0.858. The van der Waals surface area contributed by atoms with Crippen LogP contribution in [0.5, 0.6) is 0 Å². The zero-order valence-electron chi connectivity index (χ0n) is 11.6. The molecule has 106 valence electrons. The molecule has 2 rings (SSSR count). The van der Waals surface area contributed by atoms with Gasteiger partial charge in [-0.2, -0.15) is 0 Å². The van der Waals surface area contributed by atoms with Crippen LogP contribution in [0.3, 0.4) is 0 Å². The van der Waals surface area contributed by atoms with Gasteiger partial charge in [0.2, 0.25) is 0 Å². The zero-order chi connectivity index (χ0) is 14.5. The number of carbonyl (C=O) groups is 1. The molecule has 20 heavy (non-hydrogen) atoms. The van der Waals surface area contributed by atoms with Crippen molar-refractivity contribution in [3.05, 3.63) is 51.5 Å². The molecule has 1 atom stereocenters. The Morgan fingerprint density at radius 1 is 1.35 bits per heavy atom. The molecule has 0 fully saturated rings. The number of carboxylic acids is 1. The van der Waals surface area contributed by atoms with Gasteiger partial charge in [0, 0.05) is 18.5 Å². The third-order valence-electron chi connectivity index (χ3n) is 3.15. The molecule has 0 aliphatic rings. The standard InChI is InChI=1S/C15H18N2O2S/c1-10(15(18)19)13-5-3-12(4-6-13)7-16-8-14-9-20-11(2)17-14/h3-6,9-10,16H,7-8H2,1-2H3,(H,18,19). The van der Waals surface area contributed by atoms with Crippen LogP contribution in [0.2, 0.25) is 0 Å². The number of aliphatic carboxylic acids is 1. The maximum absolute atomic E-state index is 10.9. The summed E-state index contributed by atoms with van der Waals surface area (Å²) in [4.78, 5) is 15.3. The minimum Gasteiger partial charge on any atom is -0.481 e. The monoisotopic (exact) mass is 290 g/mol. The van der Waals surface area contributed by atoms with E-state index in [2.05, 4.69) is 15.7 Å². The number of rotatable bonds is 6. The lowest BCUT2D eigenvalue weighted by Gasteiger charge is -2.08. The Bertz CT molecular complexity index is 578. The lowest BCUT2D eigenvalue weighted by molar-refractivity contribution is -0.138. The van der Waals surface area contributed by atoms with Crippen LogP contribution in [-0.2, 0) is 17.9 Å². The predicted octanol–water partition coefficient (Wildman–Crippen LogP) is 2.93. The number of thiazole rings is 1. The predicted molar refractivity (Wildman–Crippen MR) is 79.9 cm³/mol. The van der Waals surface area contributed by atoms with Gasteiger partial charge < -0.3 is 10.4 Å². The largest absolute Gasteiger partial charge is 0.481 e. The first-order valence-corrected chi connectivity index (χ1v) is 7.37. The third kappa shape index (κ3) is 3.88. The highest BCUT2D eigenvalue weighted by Crippen LogP contribution is 2.16. The summed E-state index contributed by atoms with van der Waals surface area (Å²) in [5, 5.41) is 15.4. The SMILES string of the molecule is Cc1nc(CNCc2ccc(C(C)C(=O)O)cc2)cs1. The Kier molecular flexibility index (Phi) is 4.87. The number of nitrogens with one attached hydrogen (secondary N) is 1. The van der Waals surface area contributed by atoms with E-state index in [-0.39, 0.29) is 0 Å². The molecule has 2 N–H and O–H groups in total. The summed E-state index contributed by atoms with van der Waals surface area (Å²) in [6.45, 7) is 5.19. The molecule has 0 amide bonds. The van der Waals surface area contributed by atoms with Gasteiger partial charge in [0.15, 0.2) is 0 Å². The van der Waals surface area contributed by atoms with Gasteiger partial charge in [-0.05, 0) is 25.0 Å². The Labute approximate surface area is 122 Å². The van der Waals surface area contributed by atoms with E-state index < -0.39 is 11.9 Å². The number of aryl methyl sites for hydroxylation is 1. The molecule has 0 saturated heterocycles. The molecule has 0 bridgehead atoms. The molecule has 1 unspecified atom stereocenters. The molecule has 1 aromatic heterocycles. The first-order chi connectivity index (χ1) is 9.56. The zero-order valence-corrected chi connectivity index (χ0v) is 12.4. The van der Waals surface area contributed by atoms with E-state index in [9.17, 15) is 4.79 Å². The molecule has 5 heteroatoms. The summed E-state index contributed by atoms with van der Waals surface area (Å²) in [6.07, 6.45) is 0. The van der Waals surface area contributed by atoms with Crippen LogP contribution in [0, 0.1) is 6.92 Å². The minimum atomic E-state index is -0.797. The van der Waals surface area contributed by atoms with Crippen LogP contribution < -0.4 is 5.32 Å². The Morgan fingerprint density at radius 3 is 2.60 bits per heavy atom. The first kappa shape index (κ1) is 14.7. The molecule has 2 aromatic rings. The summed E-state index contributed by atoms with van der Waals surface area (Å²) in [5.41, 5.74) is 3.03. The van der Waals surface area contributed by atoms with Crippen molar-refractivity contribution in [3.63, 3.8) is 0 Å². The smallest absolute Gasteiger partial charge is 0.310 e. The van der Waals surface area contributed by atoms with E-state index in [0.29, 0.717) is 0 Å². The van der Waals surface area contributed by atoms with Crippen molar-refractivity contribution < 1.29 is 9.90 Å². The molecule has 4 nitrogen and oxygen atoms in total. The molecule has 0 spiro atoms. The molecule has 0 aliphatic carbocycles. The van der Waals surface area contributed by atoms with Crippen LogP contribution in [0.1, 0.15) is 34.7 Å². The van der Waals surface area contributed by atoms with Gasteiger partial charge in [0.1, 0.15) is 0 Å². The molecular formula is C15H18N2O2S. The summed E-state index contributed by atoms with van der Waals surface area (Å²) < 4.78 is 0. The number of benzene rings is 1. The van der Waals surface area contributed by atoms with Crippen LogP contribution in [0.15, 0.2) is 29.6 Å². The number of nitrogens with zero attached hydrogens (tertiary/aromatic N) is 1. The van der Waals surface area contributed by atoms with Gasteiger partial charge in [0.05, 0.1) is 16.6 Å². The van der Waals surface area contributed by atoms with Crippen molar-refractivity contribution in [2.24, 2.45) is 0 Å². The molecular weight excluding hydrogens is 272 g/mol. The van der Waals surface area contributed by atoms with Crippen LogP contribution >= 0.6 is 11.3 Å². The number of hydrogen-bond acceptors (Lipinski definition) is 4. The van der Waals surface area contributed by atoms with Crippen LogP contribution in [0.25, 0.3) is 0 Å². The van der Waals surface area contributed by atoms with Crippen LogP contribution in [0.4, 0.5) is 0 Å². The van der Waals surface area contributed by atoms with Crippen molar-refractivity contribution in [2.75, 3.05) is 0 Å². The van der Waals surface area contributed by atoms with E-state index in [0.717, 1.165) is 34.9 Å². The van der Waals surface area contributed by atoms with Crippen LogP contribution in [-0.4, -0.2) is 16.1 Å². The van der Waals surface area contributed by atoms with Gasteiger partial charge in [-0.3, -0.25) is 4.79 Å². The van der Waals surface area contributed by atoms with Crippen molar-refractivity contribution in [1.29, 1.82) is 0 Å². The van der Waals surface area contributed by atoms with Gasteiger partial charge >= 0.3 is 5.97 Å². The minimum absolute atomic E-state index is 0.463. The van der Waals surface area contributed by atoms with E-state index >= 15 is 0 Å². The van der Waals surface area contributed by atoms with Gasteiger partial charge in [-0.25, -0.2) is 4.98 Å². The maximum atomic E-state index is 10.9. The Hall–Kier alpha value is -1.72. The van der Waals surface area contributed by atoms with E-state index in [4.69, 9.17) is 5.11 Å². The Morgan fingerprint density at radius 2 is 2.05 bits per heavy atom. The summed E-state index contributed by atoms with van der Waals surface area (Å²) >= 11 is 1.65. The average molecular weight is 290 g/mol. The highest BCUT2D eigenvalue weighted by atomic mass is 32.1. The van der Waals surface area contributed by atoms with E-state index in [1.807, 2.05) is 31.2 Å². The third-order valence-corrected chi connectivity index (χ3v) is 3.97. The second-order valence-electron chi connectivity index (χ2n) is 4.76. The van der Waals surface area contributed by atoms with Crippen molar-refractivity contribution >= 4 is 17.3 Å². The van der Waals surface area contributed by atoms with Crippen molar-refractivity contribution in [3.8, 4) is 0 Å². The van der Waals surface area contributed by atoms with Gasteiger partial charge in [-0.1, -0.05) is 24.3 Å². The van der Waals surface area contributed by atoms with E-state index in [1.165, 1.54) is 0 Å². The summed E-state index contributed by atoms with van der Waals surface area (Å²) in [5.74, 6) is -1.26. The normalized spacial score (nSPS) is 12.3. The first-order valence-electron chi connectivity index (χ1n) is 6.49. The highest BCUT2D eigenvalue weighted by Gasteiger charge is 2.12. The lowest BCUT2D eigenvalue weighted by Crippen LogP contribution is -2.13. The molecule has 0 radical (unpaired) electrons. The van der Waals surface area contributed by atoms with Gasteiger partial charge in [0.25, 0.3) is 0 Å². The summed E-state index contributed by atoms with van der Waals surface area (Å²) in [7, 11) is 0. The number of carboxylic acid groups (broad SMARTS) is 1. The fraction of sp³-hybridized carbons (Fsp3) is 0.333. The number of aromatic nitrogens is 1. The molecule has 1 aromatic carbocycles. The second-order valence-corrected chi connectivity index (χ2v) is 5.83. The summed E-state index contributed by atoms with van der Waals surface area (Å²) in [6, 6.07) is 7.69. The van der Waals surface area contributed by atoms with Crippen molar-refractivity contribution in [2.45, 2.75) is 32.9 Å².